The maximum atomic E-state index is 13.0. The van der Waals surface area contributed by atoms with Crippen molar-refractivity contribution in [2.45, 2.75) is 56.3 Å². The zero-order valence-corrected chi connectivity index (χ0v) is 19.7. The molecule has 202 valence electrons. The molecule has 0 heterocycles. The third-order valence-corrected chi connectivity index (χ3v) is 4.97. The predicted molar refractivity (Wildman–Crippen MR) is 126 cm³/mol. The van der Waals surface area contributed by atoms with Crippen LogP contribution in [0.4, 0.5) is 0 Å². The highest BCUT2D eigenvalue weighted by Gasteiger charge is 2.31. The molecule has 11 N–H and O–H groups in total. The van der Waals surface area contributed by atoms with Crippen molar-refractivity contribution in [3.05, 3.63) is 35.9 Å². The highest BCUT2D eigenvalue weighted by molar-refractivity contribution is 5.95. The van der Waals surface area contributed by atoms with Gasteiger partial charge >= 0.3 is 11.9 Å². The van der Waals surface area contributed by atoms with Crippen molar-refractivity contribution < 1.29 is 43.8 Å². The van der Waals surface area contributed by atoms with E-state index in [1.54, 1.807) is 30.3 Å². The quantitative estimate of drug-likeness (QED) is 0.107. The van der Waals surface area contributed by atoms with Crippen LogP contribution < -0.4 is 33.2 Å². The van der Waals surface area contributed by atoms with Gasteiger partial charge in [0.05, 0.1) is 18.9 Å². The second-order valence-electron chi connectivity index (χ2n) is 8.09. The lowest BCUT2D eigenvalue weighted by Gasteiger charge is -2.25. The minimum atomic E-state index is -1.67. The van der Waals surface area contributed by atoms with Crippen LogP contribution in [0.5, 0.6) is 0 Å². The fourth-order valence-corrected chi connectivity index (χ4v) is 3.13. The Balaban J connectivity index is 3.16. The molecule has 15 nitrogen and oxygen atoms in total. The Morgan fingerprint density at radius 3 is 1.76 bits per heavy atom. The van der Waals surface area contributed by atoms with E-state index < -0.39 is 91.3 Å². The first-order valence-electron chi connectivity index (χ1n) is 11.0. The van der Waals surface area contributed by atoms with Crippen LogP contribution in [0.25, 0.3) is 0 Å². The van der Waals surface area contributed by atoms with Crippen molar-refractivity contribution in [3.63, 3.8) is 0 Å². The molecule has 0 aliphatic rings. The van der Waals surface area contributed by atoms with E-state index in [0.29, 0.717) is 5.56 Å². The normalized spacial score (nSPS) is 13.8. The molecular weight excluding hydrogens is 492 g/mol. The SMILES string of the molecule is NC(=O)CC(N)C(=O)NC(CCC(=O)O)C(=O)NC(Cc1ccccc1)C(=O)NC(CC(N)=O)C(=O)O. The number of aliphatic carboxylic acids is 2. The second-order valence-corrected chi connectivity index (χ2v) is 8.09. The number of carbonyl (C=O) groups is 7. The van der Waals surface area contributed by atoms with Crippen molar-refractivity contribution in [3.8, 4) is 0 Å². The summed E-state index contributed by atoms with van der Waals surface area (Å²) >= 11 is 0. The van der Waals surface area contributed by atoms with Crippen molar-refractivity contribution in [2.24, 2.45) is 17.2 Å². The molecule has 37 heavy (non-hydrogen) atoms. The highest BCUT2D eigenvalue weighted by Crippen LogP contribution is 2.07. The number of nitrogens with two attached hydrogens (primary N) is 3. The molecule has 0 bridgehead atoms. The summed E-state index contributed by atoms with van der Waals surface area (Å²) in [5, 5.41) is 25.0. The van der Waals surface area contributed by atoms with E-state index in [1.165, 1.54) is 0 Å². The summed E-state index contributed by atoms with van der Waals surface area (Å²) in [7, 11) is 0. The molecule has 15 heteroatoms. The Morgan fingerprint density at radius 2 is 1.24 bits per heavy atom. The van der Waals surface area contributed by atoms with Gasteiger partial charge in [0.15, 0.2) is 0 Å². The van der Waals surface area contributed by atoms with Gasteiger partial charge in [-0.15, -0.1) is 0 Å². The van der Waals surface area contributed by atoms with Gasteiger partial charge in [0.25, 0.3) is 0 Å². The summed E-state index contributed by atoms with van der Waals surface area (Å²) in [6.07, 6.45) is -2.30. The molecule has 4 atom stereocenters. The number of benzene rings is 1. The zero-order chi connectivity index (χ0) is 28.1. The molecule has 1 rings (SSSR count). The third kappa shape index (κ3) is 11.6. The number of hydrogen-bond acceptors (Lipinski definition) is 8. The lowest BCUT2D eigenvalue weighted by Crippen LogP contribution is -2.58. The number of carboxylic acids is 2. The first-order chi connectivity index (χ1) is 17.3. The van der Waals surface area contributed by atoms with Crippen LogP contribution in [0.15, 0.2) is 30.3 Å². The van der Waals surface area contributed by atoms with Gasteiger partial charge in [0.2, 0.25) is 29.5 Å². The highest BCUT2D eigenvalue weighted by atomic mass is 16.4. The third-order valence-electron chi connectivity index (χ3n) is 4.97. The molecule has 0 aliphatic heterocycles. The van der Waals surface area contributed by atoms with E-state index in [9.17, 15) is 38.7 Å². The summed E-state index contributed by atoms with van der Waals surface area (Å²) in [5.41, 5.74) is 16.2. The molecule has 0 aromatic heterocycles. The molecule has 0 saturated heterocycles. The van der Waals surface area contributed by atoms with Crippen LogP contribution in [-0.4, -0.2) is 75.9 Å². The van der Waals surface area contributed by atoms with E-state index in [-0.39, 0.29) is 6.42 Å². The number of primary amides is 2. The number of nitrogens with one attached hydrogen (secondary N) is 3. The monoisotopic (exact) mass is 522 g/mol. The summed E-state index contributed by atoms with van der Waals surface area (Å²) in [5.74, 6) is -7.58. The van der Waals surface area contributed by atoms with Crippen LogP contribution in [0.2, 0.25) is 0 Å². The van der Waals surface area contributed by atoms with Crippen molar-refractivity contribution in [2.75, 3.05) is 0 Å². The van der Waals surface area contributed by atoms with Gasteiger partial charge < -0.3 is 43.4 Å². The van der Waals surface area contributed by atoms with Crippen LogP contribution in [0, 0.1) is 0 Å². The zero-order valence-electron chi connectivity index (χ0n) is 19.7. The van der Waals surface area contributed by atoms with Crippen LogP contribution in [0.1, 0.15) is 31.2 Å². The molecular formula is C22H30N6O9. The molecule has 0 saturated carbocycles. The minimum Gasteiger partial charge on any atom is -0.481 e. The Kier molecular flexibility index (Phi) is 12.2. The molecule has 4 unspecified atom stereocenters. The lowest BCUT2D eigenvalue weighted by atomic mass is 10.0. The van der Waals surface area contributed by atoms with Crippen LogP contribution in [0.3, 0.4) is 0 Å². The van der Waals surface area contributed by atoms with Gasteiger partial charge in [-0.2, -0.15) is 0 Å². The number of rotatable bonds is 16. The molecule has 0 aliphatic carbocycles. The Hall–Kier alpha value is -4.53. The Bertz CT molecular complexity index is 1020. The summed E-state index contributed by atoms with van der Waals surface area (Å²) < 4.78 is 0. The van der Waals surface area contributed by atoms with Gasteiger partial charge in [-0.3, -0.25) is 28.8 Å². The lowest BCUT2D eigenvalue weighted by molar-refractivity contribution is -0.143. The standard InChI is InChI=1S/C22H30N6O9/c23-12(9-16(24)29)19(33)26-13(6-7-18(31)32)20(34)27-14(8-11-4-2-1-3-5-11)21(35)28-15(22(36)37)10-17(25)30/h1-5,12-15H,6-10,23H2,(H2,24,29)(H2,25,30)(H,26,33)(H,27,34)(H,28,35)(H,31,32)(H,36,37). The van der Waals surface area contributed by atoms with Gasteiger partial charge in [-0.1, -0.05) is 30.3 Å². The maximum Gasteiger partial charge on any atom is 0.326 e. The summed E-state index contributed by atoms with van der Waals surface area (Å²) in [4.78, 5) is 83.0. The van der Waals surface area contributed by atoms with E-state index in [4.69, 9.17) is 22.3 Å². The van der Waals surface area contributed by atoms with Gasteiger partial charge in [-0.05, 0) is 12.0 Å². The number of carbonyl (C=O) groups excluding carboxylic acids is 5. The first-order valence-corrected chi connectivity index (χ1v) is 11.0. The molecule has 1 aromatic rings. The van der Waals surface area contributed by atoms with E-state index >= 15 is 0 Å². The average Bonchev–Trinajstić information content (AvgIpc) is 2.80. The van der Waals surface area contributed by atoms with E-state index in [0.717, 1.165) is 0 Å². The molecule has 0 fully saturated rings. The van der Waals surface area contributed by atoms with Gasteiger partial charge in [0.1, 0.15) is 18.1 Å². The molecule has 1 aromatic carbocycles. The van der Waals surface area contributed by atoms with Crippen molar-refractivity contribution in [1.82, 2.24) is 16.0 Å². The Morgan fingerprint density at radius 1 is 0.730 bits per heavy atom. The fourth-order valence-electron chi connectivity index (χ4n) is 3.13. The summed E-state index contributed by atoms with van der Waals surface area (Å²) in [6.45, 7) is 0. The maximum absolute atomic E-state index is 13.0. The smallest absolute Gasteiger partial charge is 0.326 e. The Labute approximate surface area is 211 Å². The predicted octanol–water partition coefficient (Wildman–Crippen LogP) is -3.29. The van der Waals surface area contributed by atoms with Gasteiger partial charge in [0, 0.05) is 12.8 Å². The van der Waals surface area contributed by atoms with Crippen LogP contribution in [-0.2, 0) is 40.0 Å². The molecule has 5 amide bonds. The molecule has 0 spiro atoms. The van der Waals surface area contributed by atoms with Crippen molar-refractivity contribution >= 4 is 41.5 Å². The average molecular weight is 523 g/mol. The summed E-state index contributed by atoms with van der Waals surface area (Å²) in [6, 6.07) is 2.35. The first kappa shape index (κ1) is 30.5. The second kappa shape index (κ2) is 14.8. The minimum absolute atomic E-state index is 0.123. The van der Waals surface area contributed by atoms with E-state index in [2.05, 4.69) is 16.0 Å². The largest absolute Gasteiger partial charge is 0.481 e. The van der Waals surface area contributed by atoms with Crippen molar-refractivity contribution in [1.29, 1.82) is 0 Å². The van der Waals surface area contributed by atoms with Gasteiger partial charge in [-0.25, -0.2) is 4.79 Å². The topological polar surface area (TPSA) is 274 Å². The number of hydrogen-bond donors (Lipinski definition) is 8. The fraction of sp³-hybridized carbons (Fsp3) is 0.409. The number of amides is 5. The van der Waals surface area contributed by atoms with Crippen LogP contribution >= 0.6 is 0 Å². The molecule has 0 radical (unpaired) electrons. The number of carboxylic acid groups (broad SMARTS) is 2. The van der Waals surface area contributed by atoms with E-state index in [1.807, 2.05) is 0 Å².